The van der Waals surface area contributed by atoms with E-state index in [1.807, 2.05) is 11.8 Å². The molecule has 0 radical (unpaired) electrons. The minimum absolute atomic E-state index is 0. The molecular formula is C26H33ClN8O8S2. The monoisotopic (exact) mass is 684 g/mol. The highest BCUT2D eigenvalue weighted by Gasteiger charge is 2.41. The molecule has 3 heterocycles. The standard InChI is InChI=1S/C13H16N4O4S.C9H10N2O4S.C4H6N2.ClH/c1-10(7-16-8-11(6-14)9-16)15-22(20,21)13-4-2-12(3-5-13)17(18)19;1-7-6-10(7)16(14,15)9-4-2-8(3-5-9)11(12)13;5-1-4-2-6-3-4;/h2-5,10-11,15H,7-9H2,1H3;2-5,7H,6H2,1H3;4,6H,2-3H2;1H/t10-;7-,10?;;/m11../s1. The van der Waals surface area contributed by atoms with Gasteiger partial charge in [0.05, 0.1) is 43.6 Å². The smallest absolute Gasteiger partial charge is 0.269 e. The van der Waals surface area contributed by atoms with Crippen LogP contribution in [0.15, 0.2) is 58.3 Å². The number of benzene rings is 2. The Hall–Kier alpha value is -3.75. The number of sulfonamides is 2. The zero-order valence-electron chi connectivity index (χ0n) is 24.3. The molecule has 3 fully saturated rings. The second-order valence-electron chi connectivity index (χ2n) is 10.5. The molecule has 3 aliphatic heterocycles. The van der Waals surface area contributed by atoms with E-state index in [-0.39, 0.29) is 51.6 Å². The van der Waals surface area contributed by atoms with Crippen LogP contribution in [0.4, 0.5) is 11.4 Å². The van der Waals surface area contributed by atoms with Crippen LogP contribution in [0.3, 0.4) is 0 Å². The maximum Gasteiger partial charge on any atom is 0.269 e. The quantitative estimate of drug-likeness (QED) is 0.219. The van der Waals surface area contributed by atoms with E-state index in [4.69, 9.17) is 10.5 Å². The van der Waals surface area contributed by atoms with Crippen molar-refractivity contribution in [3.63, 3.8) is 0 Å². The molecule has 3 saturated heterocycles. The fourth-order valence-electron chi connectivity index (χ4n) is 4.11. The van der Waals surface area contributed by atoms with Gasteiger partial charge in [-0.25, -0.2) is 21.6 Å². The van der Waals surface area contributed by atoms with Gasteiger partial charge in [-0.3, -0.25) is 25.1 Å². The molecule has 16 nitrogen and oxygen atoms in total. The molecular weight excluding hydrogens is 652 g/mol. The highest BCUT2D eigenvalue weighted by molar-refractivity contribution is 7.89. The zero-order chi connectivity index (χ0) is 32.7. The van der Waals surface area contributed by atoms with Gasteiger partial charge in [0.2, 0.25) is 20.0 Å². The third kappa shape index (κ3) is 10.4. The molecule has 1 unspecified atom stereocenters. The van der Waals surface area contributed by atoms with Gasteiger partial charge in [-0.05, 0) is 38.1 Å². The van der Waals surface area contributed by atoms with Crippen molar-refractivity contribution in [3.8, 4) is 12.1 Å². The first kappa shape index (κ1) is 37.4. The summed E-state index contributed by atoms with van der Waals surface area (Å²) in [6.45, 7) is 7.68. The highest BCUT2D eigenvalue weighted by Crippen LogP contribution is 2.28. The molecule has 0 aromatic heterocycles. The number of nitrogens with one attached hydrogen (secondary N) is 2. The Labute approximate surface area is 267 Å². The van der Waals surface area contributed by atoms with Gasteiger partial charge >= 0.3 is 0 Å². The van der Waals surface area contributed by atoms with Crippen molar-refractivity contribution < 1.29 is 26.7 Å². The van der Waals surface area contributed by atoms with Crippen LogP contribution in [0.1, 0.15) is 13.8 Å². The summed E-state index contributed by atoms with van der Waals surface area (Å²) in [4.78, 5) is 21.9. The number of likely N-dealkylation sites (tertiary alicyclic amines) is 1. The van der Waals surface area contributed by atoms with E-state index in [9.17, 15) is 37.1 Å². The summed E-state index contributed by atoms with van der Waals surface area (Å²) in [7, 11) is -7.16. The topological polar surface area (TPSA) is 232 Å². The Morgan fingerprint density at radius 1 is 0.889 bits per heavy atom. The van der Waals surface area contributed by atoms with Crippen LogP contribution in [0, 0.1) is 54.7 Å². The second-order valence-corrected chi connectivity index (χ2v) is 14.1. The maximum absolute atomic E-state index is 12.2. The Morgan fingerprint density at radius 2 is 1.33 bits per heavy atom. The van der Waals surface area contributed by atoms with Crippen molar-refractivity contribution >= 4 is 43.8 Å². The van der Waals surface area contributed by atoms with Gasteiger partial charge in [0.25, 0.3) is 11.4 Å². The van der Waals surface area contributed by atoms with Gasteiger partial charge in [0, 0.05) is 75.6 Å². The Morgan fingerprint density at radius 3 is 1.67 bits per heavy atom. The van der Waals surface area contributed by atoms with Crippen molar-refractivity contribution in [1.29, 1.82) is 10.5 Å². The van der Waals surface area contributed by atoms with Crippen molar-refractivity contribution in [1.82, 2.24) is 19.2 Å². The summed E-state index contributed by atoms with van der Waals surface area (Å²) in [5, 5.41) is 40.8. The third-order valence-electron chi connectivity index (χ3n) is 6.81. The maximum atomic E-state index is 12.2. The minimum Gasteiger partial charge on any atom is -0.314 e. The number of hydrogen-bond donors (Lipinski definition) is 2. The van der Waals surface area contributed by atoms with Gasteiger partial charge in [0.1, 0.15) is 0 Å². The van der Waals surface area contributed by atoms with E-state index in [0.29, 0.717) is 32.1 Å². The van der Waals surface area contributed by atoms with E-state index < -0.39 is 29.9 Å². The molecule has 2 N–H and O–H groups in total. The lowest BCUT2D eigenvalue weighted by Gasteiger charge is -2.36. The van der Waals surface area contributed by atoms with E-state index in [1.165, 1.54) is 40.7 Å². The van der Waals surface area contributed by atoms with Gasteiger partial charge in [-0.2, -0.15) is 14.8 Å². The highest BCUT2D eigenvalue weighted by atomic mass is 35.5. The Bertz CT molecular complexity index is 1640. The van der Waals surface area contributed by atoms with Crippen LogP contribution in [-0.4, -0.2) is 87.2 Å². The number of rotatable bonds is 9. The molecule has 45 heavy (non-hydrogen) atoms. The number of non-ortho nitro benzene ring substituents is 2. The van der Waals surface area contributed by atoms with Crippen LogP contribution < -0.4 is 10.0 Å². The van der Waals surface area contributed by atoms with E-state index >= 15 is 0 Å². The molecule has 0 aliphatic carbocycles. The number of nitro benzene ring substituents is 2. The summed E-state index contributed by atoms with van der Waals surface area (Å²) in [5.41, 5.74) is -0.270. The fourth-order valence-corrected chi connectivity index (χ4v) is 6.98. The van der Waals surface area contributed by atoms with Crippen molar-refractivity contribution in [2.45, 2.75) is 35.7 Å². The normalized spacial score (nSPS) is 20.0. The fraction of sp³-hybridized carbons (Fsp3) is 0.462. The molecule has 0 spiro atoms. The lowest BCUT2D eigenvalue weighted by molar-refractivity contribution is -0.385. The zero-order valence-corrected chi connectivity index (χ0v) is 26.8. The van der Waals surface area contributed by atoms with Crippen LogP contribution in [0.5, 0.6) is 0 Å². The predicted octanol–water partition coefficient (Wildman–Crippen LogP) is 1.86. The van der Waals surface area contributed by atoms with Gasteiger partial charge < -0.3 is 5.32 Å². The first-order chi connectivity index (χ1) is 20.7. The van der Waals surface area contributed by atoms with Crippen LogP contribution in [0.2, 0.25) is 0 Å². The summed E-state index contributed by atoms with van der Waals surface area (Å²) < 4.78 is 51.9. The molecule has 0 bridgehead atoms. The first-order valence-electron chi connectivity index (χ1n) is 13.4. The number of nitrogens with zero attached hydrogens (tertiary/aromatic N) is 6. The minimum atomic E-state index is -3.72. The largest absolute Gasteiger partial charge is 0.314 e. The van der Waals surface area contributed by atoms with Crippen LogP contribution >= 0.6 is 12.4 Å². The molecule has 2 aromatic rings. The molecule has 3 atom stereocenters. The van der Waals surface area contributed by atoms with Crippen molar-refractivity contribution in [3.05, 3.63) is 68.8 Å². The average molecular weight is 685 g/mol. The van der Waals surface area contributed by atoms with Crippen LogP contribution in [-0.2, 0) is 20.0 Å². The number of hydrogen-bond acceptors (Lipinski definition) is 12. The number of nitro groups is 2. The van der Waals surface area contributed by atoms with Gasteiger partial charge in [-0.15, -0.1) is 12.4 Å². The van der Waals surface area contributed by atoms with Gasteiger partial charge in [0.15, 0.2) is 0 Å². The van der Waals surface area contributed by atoms with Gasteiger partial charge in [-0.1, -0.05) is 0 Å². The van der Waals surface area contributed by atoms with Crippen molar-refractivity contribution in [2.24, 2.45) is 11.8 Å². The molecule has 19 heteroatoms. The SMILES string of the molecule is C[C@@H]1CN1S(=O)(=O)c1ccc([N+](=O)[O-])cc1.C[C@H](CN1CC(C#N)C1)NS(=O)(=O)c1ccc([N+](=O)[O-])cc1.Cl.N#CC1CNC1. The molecule has 3 aliphatic rings. The molecule has 0 amide bonds. The molecule has 0 saturated carbocycles. The van der Waals surface area contributed by atoms with Crippen molar-refractivity contribution in [2.75, 3.05) is 39.3 Å². The first-order valence-corrected chi connectivity index (χ1v) is 16.4. The second kappa shape index (κ2) is 16.0. The summed E-state index contributed by atoms with van der Waals surface area (Å²) in [6, 6.07) is 13.7. The van der Waals surface area contributed by atoms with E-state index in [0.717, 1.165) is 25.2 Å². The molecule has 2 aromatic carbocycles. The Kier molecular flexibility index (Phi) is 13.3. The lowest BCUT2D eigenvalue weighted by Crippen LogP contribution is -2.51. The van der Waals surface area contributed by atoms with Crippen LogP contribution in [0.25, 0.3) is 0 Å². The Balaban J connectivity index is 0.000000267. The molecule has 5 rings (SSSR count). The summed E-state index contributed by atoms with van der Waals surface area (Å²) in [5.74, 6) is 0.337. The third-order valence-corrected chi connectivity index (χ3v) is 10.4. The summed E-state index contributed by atoms with van der Waals surface area (Å²) >= 11 is 0. The van der Waals surface area contributed by atoms with E-state index in [2.05, 4.69) is 22.2 Å². The lowest BCUT2D eigenvalue weighted by atomic mass is 10.0. The summed E-state index contributed by atoms with van der Waals surface area (Å²) in [6.07, 6.45) is 0. The molecule has 244 valence electrons. The number of nitriles is 2. The van der Waals surface area contributed by atoms with E-state index in [1.54, 1.807) is 6.92 Å². The predicted molar refractivity (Wildman–Crippen MR) is 164 cm³/mol. The number of halogens is 1. The average Bonchev–Trinajstić information content (AvgIpc) is 3.68.